The Bertz CT molecular complexity index is 387. The van der Waals surface area contributed by atoms with Crippen molar-refractivity contribution in [3.63, 3.8) is 0 Å². The number of halogens is 2. The van der Waals surface area contributed by atoms with E-state index in [0.717, 1.165) is 0 Å². The molecule has 3 atom stereocenters. The number of ether oxygens (including phenoxy) is 1. The van der Waals surface area contributed by atoms with Crippen LogP contribution in [0.1, 0.15) is 20.8 Å². The molecule has 1 aromatic carbocycles. The van der Waals surface area contributed by atoms with E-state index < -0.39 is 0 Å². The van der Waals surface area contributed by atoms with Crippen LogP contribution in [-0.4, -0.2) is 29.9 Å². The van der Waals surface area contributed by atoms with E-state index in [1.54, 1.807) is 18.2 Å². The molecule has 0 aliphatic carbocycles. The minimum Gasteiger partial charge on any atom is -0.488 e. The molecule has 0 spiro atoms. The second kappa shape index (κ2) is 7.19. The fourth-order valence-corrected chi connectivity index (χ4v) is 1.96. The van der Waals surface area contributed by atoms with Crippen molar-refractivity contribution in [2.24, 2.45) is 0 Å². The molecule has 1 rings (SSSR count). The van der Waals surface area contributed by atoms with E-state index in [-0.39, 0.29) is 24.8 Å². The number of rotatable bonds is 6. The molecule has 3 nitrogen and oxygen atoms in total. The minimum absolute atomic E-state index is 0.0340. The minimum atomic E-state index is -0.0716. The number of aliphatic hydroxyl groups excluding tert-OH is 1. The van der Waals surface area contributed by atoms with Crippen molar-refractivity contribution >= 4 is 23.2 Å². The standard InChI is InChI=1S/C13H19Cl2NO2/c1-8(7-17)16-9(2)10(3)18-13-5-4-11(14)6-12(13)15/h4-6,8-10,16-17H,7H2,1-3H3/t8-,9?,10?/m1/s1. The Morgan fingerprint density at radius 1 is 1.28 bits per heavy atom. The van der Waals surface area contributed by atoms with E-state index in [1.807, 2.05) is 20.8 Å². The van der Waals surface area contributed by atoms with E-state index in [1.165, 1.54) is 0 Å². The monoisotopic (exact) mass is 291 g/mol. The Morgan fingerprint density at radius 3 is 2.50 bits per heavy atom. The van der Waals surface area contributed by atoms with Gasteiger partial charge in [0.15, 0.2) is 0 Å². The molecule has 102 valence electrons. The van der Waals surface area contributed by atoms with Crippen LogP contribution in [-0.2, 0) is 0 Å². The van der Waals surface area contributed by atoms with Crippen molar-refractivity contribution in [1.82, 2.24) is 5.32 Å². The van der Waals surface area contributed by atoms with Gasteiger partial charge in [-0.25, -0.2) is 0 Å². The SMILES string of the molecule is CC(N[C@H](C)CO)C(C)Oc1ccc(Cl)cc1Cl. The summed E-state index contributed by atoms with van der Waals surface area (Å²) >= 11 is 11.9. The van der Waals surface area contributed by atoms with Gasteiger partial charge in [-0.3, -0.25) is 0 Å². The Hall–Kier alpha value is -0.480. The maximum atomic E-state index is 8.99. The lowest BCUT2D eigenvalue weighted by Gasteiger charge is -2.25. The molecule has 0 aliphatic rings. The smallest absolute Gasteiger partial charge is 0.138 e. The first kappa shape index (κ1) is 15.6. The molecule has 0 aliphatic heterocycles. The van der Waals surface area contributed by atoms with Gasteiger partial charge in [0.05, 0.1) is 11.6 Å². The van der Waals surface area contributed by atoms with Crippen LogP contribution in [0.5, 0.6) is 5.75 Å². The van der Waals surface area contributed by atoms with Crippen molar-refractivity contribution in [3.8, 4) is 5.75 Å². The van der Waals surface area contributed by atoms with Crippen molar-refractivity contribution in [2.75, 3.05) is 6.61 Å². The van der Waals surface area contributed by atoms with E-state index in [0.29, 0.717) is 15.8 Å². The van der Waals surface area contributed by atoms with Gasteiger partial charge in [0.1, 0.15) is 11.9 Å². The maximum absolute atomic E-state index is 8.99. The molecule has 18 heavy (non-hydrogen) atoms. The Morgan fingerprint density at radius 2 is 1.94 bits per heavy atom. The summed E-state index contributed by atoms with van der Waals surface area (Å²) < 4.78 is 5.77. The fourth-order valence-electron chi connectivity index (χ4n) is 1.51. The highest BCUT2D eigenvalue weighted by atomic mass is 35.5. The number of nitrogens with one attached hydrogen (secondary N) is 1. The second-order valence-corrected chi connectivity index (χ2v) is 5.28. The van der Waals surface area contributed by atoms with Crippen molar-refractivity contribution in [1.29, 1.82) is 0 Å². The van der Waals surface area contributed by atoms with Gasteiger partial charge >= 0.3 is 0 Å². The molecule has 0 saturated carbocycles. The lowest BCUT2D eigenvalue weighted by molar-refractivity contribution is 0.157. The number of hydrogen-bond donors (Lipinski definition) is 2. The summed E-state index contributed by atoms with van der Waals surface area (Å²) in [6, 6.07) is 5.28. The van der Waals surface area contributed by atoms with Crippen molar-refractivity contribution in [3.05, 3.63) is 28.2 Å². The van der Waals surface area contributed by atoms with E-state index in [4.69, 9.17) is 33.0 Å². The molecule has 0 heterocycles. The first-order valence-electron chi connectivity index (χ1n) is 5.92. The van der Waals surface area contributed by atoms with Crippen molar-refractivity contribution < 1.29 is 9.84 Å². The number of hydrogen-bond acceptors (Lipinski definition) is 3. The molecular formula is C13H19Cl2NO2. The summed E-state index contributed by atoms with van der Waals surface area (Å²) in [5.74, 6) is 0.610. The molecule has 0 amide bonds. The van der Waals surface area contributed by atoms with E-state index >= 15 is 0 Å². The molecule has 0 aromatic heterocycles. The zero-order chi connectivity index (χ0) is 13.7. The molecule has 2 N–H and O–H groups in total. The predicted molar refractivity (Wildman–Crippen MR) is 75.7 cm³/mol. The summed E-state index contributed by atoms with van der Waals surface area (Å²) in [4.78, 5) is 0. The third-order valence-electron chi connectivity index (χ3n) is 2.73. The average Bonchev–Trinajstić information content (AvgIpc) is 2.32. The van der Waals surface area contributed by atoms with Crippen LogP contribution in [0.25, 0.3) is 0 Å². The third kappa shape index (κ3) is 4.65. The van der Waals surface area contributed by atoms with Crippen LogP contribution in [0.4, 0.5) is 0 Å². The zero-order valence-corrected chi connectivity index (χ0v) is 12.3. The Labute approximate surface area is 118 Å². The molecule has 1 aromatic rings. The highest BCUT2D eigenvalue weighted by Gasteiger charge is 2.16. The first-order valence-corrected chi connectivity index (χ1v) is 6.68. The van der Waals surface area contributed by atoms with Crippen LogP contribution >= 0.6 is 23.2 Å². The molecular weight excluding hydrogens is 273 g/mol. The first-order chi connectivity index (χ1) is 8.43. The molecule has 0 saturated heterocycles. The Kier molecular flexibility index (Phi) is 6.22. The van der Waals surface area contributed by atoms with Gasteiger partial charge in [-0.1, -0.05) is 23.2 Å². The summed E-state index contributed by atoms with van der Waals surface area (Å²) in [5, 5.41) is 13.3. The van der Waals surface area contributed by atoms with Crippen LogP contribution < -0.4 is 10.1 Å². The topological polar surface area (TPSA) is 41.5 Å². The lowest BCUT2D eigenvalue weighted by Crippen LogP contribution is -2.44. The molecule has 5 heteroatoms. The predicted octanol–water partition coefficient (Wildman–Crippen LogP) is 3.12. The van der Waals surface area contributed by atoms with Crippen molar-refractivity contribution in [2.45, 2.75) is 39.0 Å². The van der Waals surface area contributed by atoms with Crippen LogP contribution in [0.3, 0.4) is 0 Å². The molecule has 0 radical (unpaired) electrons. The van der Waals surface area contributed by atoms with Gasteiger partial charge in [0.25, 0.3) is 0 Å². The molecule has 0 bridgehead atoms. The maximum Gasteiger partial charge on any atom is 0.138 e. The normalized spacial score (nSPS) is 16.1. The number of aliphatic hydroxyl groups is 1. The largest absolute Gasteiger partial charge is 0.488 e. The number of benzene rings is 1. The third-order valence-corrected chi connectivity index (χ3v) is 3.26. The lowest BCUT2D eigenvalue weighted by atomic mass is 10.2. The van der Waals surface area contributed by atoms with Crippen LogP contribution in [0, 0.1) is 0 Å². The average molecular weight is 292 g/mol. The zero-order valence-electron chi connectivity index (χ0n) is 10.8. The van der Waals surface area contributed by atoms with Gasteiger partial charge in [0, 0.05) is 17.1 Å². The quantitative estimate of drug-likeness (QED) is 0.846. The van der Waals surface area contributed by atoms with Gasteiger partial charge in [-0.2, -0.15) is 0 Å². The van der Waals surface area contributed by atoms with E-state index in [9.17, 15) is 0 Å². The van der Waals surface area contributed by atoms with Crippen LogP contribution in [0.2, 0.25) is 10.0 Å². The van der Waals surface area contributed by atoms with Crippen LogP contribution in [0.15, 0.2) is 18.2 Å². The summed E-state index contributed by atoms with van der Waals surface area (Å²) in [6.45, 7) is 5.96. The van der Waals surface area contributed by atoms with E-state index in [2.05, 4.69) is 5.32 Å². The highest BCUT2D eigenvalue weighted by Crippen LogP contribution is 2.28. The fraction of sp³-hybridized carbons (Fsp3) is 0.538. The van der Waals surface area contributed by atoms with Gasteiger partial charge < -0.3 is 15.2 Å². The van der Waals surface area contributed by atoms with Gasteiger partial charge in [-0.05, 0) is 39.0 Å². The Balaban J connectivity index is 2.60. The molecule has 2 unspecified atom stereocenters. The highest BCUT2D eigenvalue weighted by molar-refractivity contribution is 6.35. The second-order valence-electron chi connectivity index (χ2n) is 4.44. The molecule has 0 fully saturated rings. The van der Waals surface area contributed by atoms with Gasteiger partial charge in [-0.15, -0.1) is 0 Å². The summed E-state index contributed by atoms with van der Waals surface area (Å²) in [7, 11) is 0. The van der Waals surface area contributed by atoms with Gasteiger partial charge in [0.2, 0.25) is 0 Å². The summed E-state index contributed by atoms with van der Waals surface area (Å²) in [6.07, 6.45) is -0.0716. The summed E-state index contributed by atoms with van der Waals surface area (Å²) in [5.41, 5.74) is 0.